The van der Waals surface area contributed by atoms with Crippen molar-refractivity contribution in [2.45, 2.75) is 11.8 Å². The predicted molar refractivity (Wildman–Crippen MR) is 119 cm³/mol. The van der Waals surface area contributed by atoms with E-state index in [2.05, 4.69) is 5.43 Å². The molecule has 0 aliphatic carbocycles. The van der Waals surface area contributed by atoms with Gasteiger partial charge in [-0.2, -0.15) is 0 Å². The smallest absolute Gasteiger partial charge is 0.269 e. The number of amides is 2. The Morgan fingerprint density at radius 2 is 1.59 bits per heavy atom. The number of carbonyl (C=O) groups excluding carboxylic acids is 2. The molecule has 0 atom stereocenters. The summed E-state index contributed by atoms with van der Waals surface area (Å²) >= 11 is 0. The van der Waals surface area contributed by atoms with Gasteiger partial charge in [0.1, 0.15) is 5.82 Å². The fraction of sp³-hybridized carbons (Fsp3) is 0.130. The maximum Gasteiger partial charge on any atom is 0.269 e. The zero-order valence-electron chi connectivity index (χ0n) is 17.7. The van der Waals surface area contributed by atoms with Gasteiger partial charge in [0.25, 0.3) is 21.8 Å². The number of carbonyl (C=O) groups is 2. The third-order valence-corrected chi connectivity index (χ3v) is 5.96. The summed E-state index contributed by atoms with van der Waals surface area (Å²) in [6.07, 6.45) is 0. The Hall–Kier alpha value is -3.56. The molecule has 0 spiro atoms. The molecule has 0 bridgehead atoms. The monoisotopic (exact) mass is 455 g/mol. The van der Waals surface area contributed by atoms with Gasteiger partial charge < -0.3 is 4.90 Å². The molecule has 2 N–H and O–H groups in total. The first-order chi connectivity index (χ1) is 15.1. The molecule has 2 amide bonds. The molecular formula is C23H22FN3O4S. The van der Waals surface area contributed by atoms with Gasteiger partial charge in [0.15, 0.2) is 0 Å². The van der Waals surface area contributed by atoms with Gasteiger partial charge in [0.2, 0.25) is 0 Å². The fourth-order valence-corrected chi connectivity index (χ4v) is 3.89. The number of rotatable bonds is 6. The summed E-state index contributed by atoms with van der Waals surface area (Å²) in [5, 5.41) is 0. The minimum atomic E-state index is -4.02. The highest BCUT2D eigenvalue weighted by molar-refractivity contribution is 7.89. The fourth-order valence-electron chi connectivity index (χ4n) is 3.03. The second kappa shape index (κ2) is 9.29. The van der Waals surface area contributed by atoms with Crippen LogP contribution in [0.4, 0.5) is 4.39 Å². The Bertz CT molecular complexity index is 1280. The standard InChI is InChI=1S/C23H22FN3O4S/c1-15-12-18(16-8-7-9-17(13-16)23(29)27(2)3)14-20(21(15)24)22(28)25-26-32(30,31)19-10-5-4-6-11-19/h4-14,26H,1-3H3,(H,25,28). The van der Waals surface area contributed by atoms with Gasteiger partial charge in [-0.25, -0.2) is 12.8 Å². The second-order valence-corrected chi connectivity index (χ2v) is 8.99. The molecule has 0 aliphatic heterocycles. The topological polar surface area (TPSA) is 95.6 Å². The molecule has 0 aliphatic rings. The normalized spacial score (nSPS) is 11.1. The third-order valence-electron chi connectivity index (χ3n) is 4.70. The Morgan fingerprint density at radius 3 is 2.25 bits per heavy atom. The van der Waals surface area contributed by atoms with Crippen molar-refractivity contribution in [1.29, 1.82) is 0 Å². The molecule has 7 nitrogen and oxygen atoms in total. The van der Waals surface area contributed by atoms with Crippen molar-refractivity contribution in [3.63, 3.8) is 0 Å². The molecule has 0 aromatic heterocycles. The zero-order chi connectivity index (χ0) is 23.5. The quantitative estimate of drug-likeness (QED) is 0.559. The Labute approximate surface area is 185 Å². The van der Waals surface area contributed by atoms with Crippen LogP contribution in [0.5, 0.6) is 0 Å². The maximum absolute atomic E-state index is 14.7. The summed E-state index contributed by atoms with van der Waals surface area (Å²) < 4.78 is 39.3. The van der Waals surface area contributed by atoms with Crippen LogP contribution in [-0.4, -0.2) is 39.2 Å². The van der Waals surface area contributed by atoms with Crippen molar-refractivity contribution in [2.24, 2.45) is 0 Å². The molecule has 166 valence electrons. The van der Waals surface area contributed by atoms with E-state index in [0.29, 0.717) is 16.7 Å². The first-order valence-electron chi connectivity index (χ1n) is 9.59. The minimum Gasteiger partial charge on any atom is -0.345 e. The van der Waals surface area contributed by atoms with E-state index in [-0.39, 0.29) is 21.9 Å². The lowest BCUT2D eigenvalue weighted by molar-refractivity contribution is 0.0827. The van der Waals surface area contributed by atoms with Crippen LogP contribution in [0.2, 0.25) is 0 Å². The second-order valence-electron chi connectivity index (χ2n) is 7.31. The molecule has 0 fully saturated rings. The van der Waals surface area contributed by atoms with E-state index >= 15 is 0 Å². The van der Waals surface area contributed by atoms with E-state index in [1.165, 1.54) is 42.2 Å². The summed E-state index contributed by atoms with van der Waals surface area (Å²) in [5.74, 6) is -1.92. The third kappa shape index (κ3) is 5.01. The lowest BCUT2D eigenvalue weighted by atomic mass is 9.97. The molecule has 0 saturated carbocycles. The average Bonchev–Trinajstić information content (AvgIpc) is 2.79. The largest absolute Gasteiger partial charge is 0.345 e. The number of aryl methyl sites for hydroxylation is 1. The Balaban J connectivity index is 1.90. The van der Waals surface area contributed by atoms with Gasteiger partial charge in [0, 0.05) is 19.7 Å². The number of hydrazine groups is 1. The highest BCUT2D eigenvalue weighted by Gasteiger charge is 2.20. The van der Waals surface area contributed by atoms with Crippen LogP contribution in [0, 0.1) is 12.7 Å². The van der Waals surface area contributed by atoms with Crippen molar-refractivity contribution in [3.8, 4) is 11.1 Å². The van der Waals surface area contributed by atoms with Gasteiger partial charge in [-0.1, -0.05) is 30.3 Å². The van der Waals surface area contributed by atoms with Crippen molar-refractivity contribution >= 4 is 21.8 Å². The van der Waals surface area contributed by atoms with E-state index in [4.69, 9.17) is 0 Å². The summed E-state index contributed by atoms with van der Waals surface area (Å²) in [7, 11) is -0.749. The van der Waals surface area contributed by atoms with Gasteiger partial charge in [0.05, 0.1) is 10.5 Å². The van der Waals surface area contributed by atoms with Gasteiger partial charge in [-0.05, 0) is 60.0 Å². The van der Waals surface area contributed by atoms with Crippen LogP contribution in [0.25, 0.3) is 11.1 Å². The van der Waals surface area contributed by atoms with E-state index in [0.717, 1.165) is 0 Å². The summed E-state index contributed by atoms with van der Waals surface area (Å²) in [6.45, 7) is 1.50. The molecular weight excluding hydrogens is 433 g/mol. The van der Waals surface area contributed by atoms with Crippen molar-refractivity contribution in [3.05, 3.63) is 89.2 Å². The molecule has 9 heteroatoms. The van der Waals surface area contributed by atoms with Crippen LogP contribution in [0.1, 0.15) is 26.3 Å². The summed E-state index contributed by atoms with van der Waals surface area (Å²) in [4.78, 5) is 28.2. The van der Waals surface area contributed by atoms with E-state index < -0.39 is 21.7 Å². The molecule has 3 aromatic carbocycles. The van der Waals surface area contributed by atoms with Gasteiger partial charge in [-0.3, -0.25) is 15.0 Å². The van der Waals surface area contributed by atoms with Crippen LogP contribution < -0.4 is 10.3 Å². The van der Waals surface area contributed by atoms with Crippen molar-refractivity contribution in [1.82, 2.24) is 15.2 Å². The van der Waals surface area contributed by atoms with Crippen LogP contribution in [0.15, 0.2) is 71.6 Å². The number of nitrogens with one attached hydrogen (secondary N) is 2. The molecule has 3 rings (SSSR count). The van der Waals surface area contributed by atoms with Gasteiger partial charge >= 0.3 is 0 Å². The number of nitrogens with zero attached hydrogens (tertiary/aromatic N) is 1. The average molecular weight is 456 g/mol. The molecule has 0 unspecified atom stereocenters. The molecule has 32 heavy (non-hydrogen) atoms. The van der Waals surface area contributed by atoms with Crippen LogP contribution in [-0.2, 0) is 10.0 Å². The van der Waals surface area contributed by atoms with Crippen LogP contribution in [0.3, 0.4) is 0 Å². The molecule has 0 saturated heterocycles. The number of sulfonamides is 1. The summed E-state index contributed by atoms with van der Waals surface area (Å²) in [5.41, 5.74) is 3.47. The highest BCUT2D eigenvalue weighted by Crippen LogP contribution is 2.26. The van der Waals surface area contributed by atoms with Gasteiger partial charge in [-0.15, -0.1) is 4.83 Å². The van der Waals surface area contributed by atoms with E-state index in [9.17, 15) is 22.4 Å². The zero-order valence-corrected chi connectivity index (χ0v) is 18.5. The first kappa shape index (κ1) is 23.1. The Kier molecular flexibility index (Phi) is 6.71. The lowest BCUT2D eigenvalue weighted by Gasteiger charge is -2.13. The Morgan fingerprint density at radius 1 is 0.906 bits per heavy atom. The molecule has 3 aromatic rings. The predicted octanol–water partition coefficient (Wildman–Crippen LogP) is 3.13. The summed E-state index contributed by atoms with van der Waals surface area (Å²) in [6, 6.07) is 17.1. The number of halogens is 1. The molecule has 0 radical (unpaired) electrons. The SMILES string of the molecule is Cc1cc(-c2cccc(C(=O)N(C)C)c2)cc(C(=O)NNS(=O)(=O)c2ccccc2)c1F. The highest BCUT2D eigenvalue weighted by atomic mass is 32.2. The molecule has 0 heterocycles. The number of benzene rings is 3. The first-order valence-corrected chi connectivity index (χ1v) is 11.1. The van der Waals surface area contributed by atoms with Crippen LogP contribution >= 0.6 is 0 Å². The minimum absolute atomic E-state index is 0.0481. The lowest BCUT2D eigenvalue weighted by Crippen LogP contribution is -2.41. The van der Waals surface area contributed by atoms with Crippen molar-refractivity contribution in [2.75, 3.05) is 14.1 Å². The number of hydrogen-bond donors (Lipinski definition) is 2. The van der Waals surface area contributed by atoms with E-state index in [1.54, 1.807) is 50.5 Å². The number of hydrogen-bond acceptors (Lipinski definition) is 4. The van der Waals surface area contributed by atoms with E-state index in [1.807, 2.05) is 4.83 Å². The van der Waals surface area contributed by atoms with Crippen molar-refractivity contribution < 1.29 is 22.4 Å². The maximum atomic E-state index is 14.7.